The fourth-order valence-corrected chi connectivity index (χ4v) is 6.62. The lowest BCUT2D eigenvalue weighted by atomic mass is 9.61. The number of amides is 2. The lowest BCUT2D eigenvalue weighted by Gasteiger charge is -2.58. The number of thiazole rings is 1. The van der Waals surface area contributed by atoms with Crippen LogP contribution in [-0.2, 0) is 0 Å². The minimum Gasteiger partial charge on any atom is -0.488 e. The highest BCUT2D eigenvalue weighted by Crippen LogP contribution is 2.50. The number of aromatic nitrogens is 3. The first-order valence-corrected chi connectivity index (χ1v) is 14.9. The number of ether oxygens (including phenoxy) is 2. The van der Waals surface area contributed by atoms with Crippen molar-refractivity contribution in [1.29, 1.82) is 0 Å². The number of nitrogens with one attached hydrogen (secondary N) is 1. The van der Waals surface area contributed by atoms with Crippen molar-refractivity contribution in [1.82, 2.24) is 30.1 Å². The molecule has 1 saturated carbocycles. The van der Waals surface area contributed by atoms with E-state index in [1.165, 1.54) is 5.38 Å². The molecule has 1 atom stereocenters. The zero-order valence-corrected chi connectivity index (χ0v) is 24.2. The molecule has 1 aliphatic carbocycles. The van der Waals surface area contributed by atoms with Crippen LogP contribution in [0.25, 0.3) is 11.3 Å². The molecule has 13 heteroatoms. The lowest BCUT2D eigenvalue weighted by Crippen LogP contribution is -2.65. The number of carbonyl (C=O) groups excluding carboxylic acids is 2. The zero-order chi connectivity index (χ0) is 29.4. The van der Waals surface area contributed by atoms with E-state index in [4.69, 9.17) is 14.5 Å². The highest BCUT2D eigenvalue weighted by molar-refractivity contribution is 7.09. The Balaban J connectivity index is 1.14. The number of likely N-dealkylation sites (N-methyl/N-ethyl adjacent to an activating group) is 1. The molecule has 3 fully saturated rings. The lowest BCUT2D eigenvalue weighted by molar-refractivity contribution is -0.103. The third-order valence-electron chi connectivity index (χ3n) is 8.01. The molecule has 2 saturated heterocycles. The Kier molecular flexibility index (Phi) is 7.79. The summed E-state index contributed by atoms with van der Waals surface area (Å²) in [6, 6.07) is 7.25. The number of pyridine rings is 2. The highest BCUT2D eigenvalue weighted by Gasteiger charge is 2.55. The average Bonchev–Trinajstić information content (AvgIpc) is 3.59. The summed E-state index contributed by atoms with van der Waals surface area (Å²) in [6.07, 6.45) is 1.11. The normalized spacial score (nSPS) is 19.9. The quantitative estimate of drug-likeness (QED) is 0.393. The first kappa shape index (κ1) is 28.4. The van der Waals surface area contributed by atoms with Crippen LogP contribution in [0, 0.1) is 5.41 Å². The number of halogens is 2. The van der Waals surface area contributed by atoms with E-state index in [9.17, 15) is 18.4 Å². The van der Waals surface area contributed by atoms with Gasteiger partial charge in [-0.3, -0.25) is 9.59 Å². The summed E-state index contributed by atoms with van der Waals surface area (Å²) in [7, 11) is 2.02. The molecule has 42 heavy (non-hydrogen) atoms. The Labute approximate surface area is 246 Å². The molecule has 3 aliphatic rings. The highest BCUT2D eigenvalue weighted by atomic mass is 32.1. The maximum absolute atomic E-state index is 13.5. The standard InChI is InChI=1S/C29H32F2N6O4S/c1-3-40-26-19(5-4-9-32-26)20-6-7-22(23(34-20)25(38)33-17-8-10-36(2)13-17)41-18-11-29(12-18)15-37(16-29)28(39)21-14-42-27(35-21)24(30)31/h4-7,9,14,17-18,24H,3,8,10-13,15-16H2,1-2H3,(H,33,38)/t17-/m1/s1. The summed E-state index contributed by atoms with van der Waals surface area (Å²) >= 11 is 0.795. The molecule has 3 aromatic heterocycles. The van der Waals surface area contributed by atoms with Crippen molar-refractivity contribution in [2.24, 2.45) is 5.41 Å². The average molecular weight is 599 g/mol. The van der Waals surface area contributed by atoms with Gasteiger partial charge in [0.1, 0.15) is 11.8 Å². The summed E-state index contributed by atoms with van der Waals surface area (Å²) in [6.45, 7) is 5.05. The summed E-state index contributed by atoms with van der Waals surface area (Å²) in [5, 5.41) is 4.15. The van der Waals surface area contributed by atoms with Crippen LogP contribution in [0.5, 0.6) is 11.6 Å². The second-order valence-electron chi connectivity index (χ2n) is 11.2. The van der Waals surface area contributed by atoms with Crippen molar-refractivity contribution < 1.29 is 27.8 Å². The summed E-state index contributed by atoms with van der Waals surface area (Å²) in [4.78, 5) is 42.8. The number of alkyl halides is 2. The molecule has 5 heterocycles. The number of hydrogen-bond acceptors (Lipinski definition) is 9. The predicted octanol–water partition coefficient (Wildman–Crippen LogP) is 4.05. The minimum atomic E-state index is -2.69. The minimum absolute atomic E-state index is 0.0261. The Hall–Kier alpha value is -3.71. The van der Waals surface area contributed by atoms with Gasteiger partial charge in [-0.1, -0.05) is 0 Å². The Morgan fingerprint density at radius 3 is 2.71 bits per heavy atom. The molecule has 10 nitrogen and oxygen atoms in total. The van der Waals surface area contributed by atoms with Crippen LogP contribution < -0.4 is 14.8 Å². The molecule has 0 unspecified atom stereocenters. The topological polar surface area (TPSA) is 110 Å². The first-order chi connectivity index (χ1) is 20.2. The molecule has 0 bridgehead atoms. The molecule has 3 aromatic rings. The van der Waals surface area contributed by atoms with Gasteiger partial charge in [-0.05, 0) is 64.0 Å². The Morgan fingerprint density at radius 1 is 1.21 bits per heavy atom. The van der Waals surface area contributed by atoms with Crippen molar-refractivity contribution in [2.75, 3.05) is 39.8 Å². The third kappa shape index (κ3) is 5.67. The van der Waals surface area contributed by atoms with Gasteiger partial charge in [-0.2, -0.15) is 0 Å². The van der Waals surface area contributed by atoms with Crippen LogP contribution in [0.4, 0.5) is 8.78 Å². The molecule has 222 valence electrons. The van der Waals surface area contributed by atoms with Crippen LogP contribution in [0.15, 0.2) is 35.8 Å². The first-order valence-electron chi connectivity index (χ1n) is 14.0. The van der Waals surface area contributed by atoms with E-state index in [0.29, 0.717) is 55.4 Å². The molecule has 0 radical (unpaired) electrons. The van der Waals surface area contributed by atoms with Crippen molar-refractivity contribution in [2.45, 2.75) is 44.8 Å². The number of nitrogens with zero attached hydrogens (tertiary/aromatic N) is 5. The van der Waals surface area contributed by atoms with E-state index in [2.05, 4.69) is 20.2 Å². The largest absolute Gasteiger partial charge is 0.488 e. The van der Waals surface area contributed by atoms with Crippen molar-refractivity contribution in [3.8, 4) is 22.9 Å². The van der Waals surface area contributed by atoms with Gasteiger partial charge in [-0.15, -0.1) is 11.3 Å². The van der Waals surface area contributed by atoms with E-state index in [-0.39, 0.29) is 45.8 Å². The summed E-state index contributed by atoms with van der Waals surface area (Å²) < 4.78 is 37.7. The number of rotatable bonds is 9. The van der Waals surface area contributed by atoms with Crippen LogP contribution in [0.1, 0.15) is 58.6 Å². The number of hydrogen-bond donors (Lipinski definition) is 1. The van der Waals surface area contributed by atoms with Gasteiger partial charge in [0.05, 0.1) is 17.9 Å². The smallest absolute Gasteiger partial charge is 0.289 e. The van der Waals surface area contributed by atoms with E-state index >= 15 is 0 Å². The zero-order valence-electron chi connectivity index (χ0n) is 23.4. The molecule has 2 aliphatic heterocycles. The Morgan fingerprint density at radius 2 is 2.02 bits per heavy atom. The van der Waals surface area contributed by atoms with Gasteiger partial charge in [0.25, 0.3) is 18.2 Å². The summed E-state index contributed by atoms with van der Waals surface area (Å²) in [5.74, 6) is 0.220. The van der Waals surface area contributed by atoms with Crippen LogP contribution in [-0.4, -0.2) is 88.5 Å². The molecule has 1 N–H and O–H groups in total. The van der Waals surface area contributed by atoms with Gasteiger partial charge < -0.3 is 24.6 Å². The molecule has 0 aromatic carbocycles. The van der Waals surface area contributed by atoms with E-state index in [0.717, 1.165) is 30.8 Å². The maximum Gasteiger partial charge on any atom is 0.289 e. The SMILES string of the molecule is CCOc1ncccc1-c1ccc(OC2CC3(C2)CN(C(=O)c2csc(C(F)F)n2)C3)c(C(=O)N[C@@H]2CCN(C)C2)n1. The van der Waals surface area contributed by atoms with Crippen LogP contribution >= 0.6 is 11.3 Å². The van der Waals surface area contributed by atoms with E-state index < -0.39 is 6.43 Å². The molecular formula is C29H32F2N6O4S. The van der Waals surface area contributed by atoms with Crippen LogP contribution in [0.3, 0.4) is 0 Å². The van der Waals surface area contributed by atoms with Crippen molar-refractivity contribution in [3.05, 3.63) is 52.2 Å². The molecule has 1 spiro atoms. The predicted molar refractivity (Wildman–Crippen MR) is 151 cm³/mol. The van der Waals surface area contributed by atoms with Gasteiger partial charge in [0.15, 0.2) is 16.5 Å². The van der Waals surface area contributed by atoms with E-state index in [1.54, 1.807) is 29.3 Å². The molecule has 2 amide bonds. The fraction of sp³-hybridized carbons (Fsp3) is 0.483. The second-order valence-corrected chi connectivity index (χ2v) is 12.1. The Bertz CT molecular complexity index is 1470. The number of carbonyl (C=O) groups is 2. The van der Waals surface area contributed by atoms with Gasteiger partial charge >= 0.3 is 0 Å². The second kappa shape index (κ2) is 11.5. The molecule has 6 rings (SSSR count). The monoisotopic (exact) mass is 598 g/mol. The van der Waals surface area contributed by atoms with Gasteiger partial charge in [0, 0.05) is 42.7 Å². The van der Waals surface area contributed by atoms with Gasteiger partial charge in [0.2, 0.25) is 5.88 Å². The summed E-state index contributed by atoms with van der Waals surface area (Å²) in [5.41, 5.74) is 1.44. The van der Waals surface area contributed by atoms with E-state index in [1.807, 2.05) is 20.0 Å². The molecular weight excluding hydrogens is 566 g/mol. The van der Waals surface area contributed by atoms with Crippen molar-refractivity contribution in [3.63, 3.8) is 0 Å². The van der Waals surface area contributed by atoms with Crippen LogP contribution in [0.2, 0.25) is 0 Å². The van der Waals surface area contributed by atoms with Crippen molar-refractivity contribution >= 4 is 23.2 Å². The third-order valence-corrected chi connectivity index (χ3v) is 8.86. The maximum atomic E-state index is 13.5. The number of likely N-dealkylation sites (tertiary alicyclic amines) is 2. The van der Waals surface area contributed by atoms with Gasteiger partial charge in [-0.25, -0.2) is 23.7 Å². The fourth-order valence-electron chi connectivity index (χ4n) is 5.98.